The fourth-order valence-electron chi connectivity index (χ4n) is 2.48. The highest BCUT2D eigenvalue weighted by Crippen LogP contribution is 2.25. The summed E-state index contributed by atoms with van der Waals surface area (Å²) in [6.07, 6.45) is 3.76. The lowest BCUT2D eigenvalue weighted by Crippen LogP contribution is -2.27. The molecule has 1 heterocycles. The number of hydrogen-bond donors (Lipinski definition) is 2. The first-order valence-corrected chi connectivity index (χ1v) is 6.37. The van der Waals surface area contributed by atoms with Crippen LogP contribution >= 0.6 is 0 Å². The molecule has 1 aromatic carbocycles. The Kier molecular flexibility index (Phi) is 3.67. The van der Waals surface area contributed by atoms with Gasteiger partial charge in [0, 0.05) is 24.3 Å². The Morgan fingerprint density at radius 3 is 2.82 bits per heavy atom. The molecule has 0 amide bonds. The minimum Gasteiger partial charge on any atom is -0.384 e. The number of nitrogen functional groups attached to an aromatic ring is 1. The number of nitrogens with two attached hydrogens (primary N) is 1. The van der Waals surface area contributed by atoms with Crippen LogP contribution < -0.4 is 10.6 Å². The van der Waals surface area contributed by atoms with E-state index in [2.05, 4.69) is 17.9 Å². The molecule has 0 bridgehead atoms. The van der Waals surface area contributed by atoms with Gasteiger partial charge in [0.2, 0.25) is 0 Å². The molecule has 1 unspecified atom stereocenters. The van der Waals surface area contributed by atoms with Gasteiger partial charge in [0.15, 0.2) is 0 Å². The first-order valence-electron chi connectivity index (χ1n) is 6.37. The van der Waals surface area contributed by atoms with Crippen molar-refractivity contribution in [3.05, 3.63) is 29.8 Å². The summed E-state index contributed by atoms with van der Waals surface area (Å²) in [5.74, 6) is 0.974. The summed E-state index contributed by atoms with van der Waals surface area (Å²) >= 11 is 0. The van der Waals surface area contributed by atoms with Crippen molar-refractivity contribution in [2.45, 2.75) is 26.2 Å². The summed E-state index contributed by atoms with van der Waals surface area (Å²) in [5, 5.41) is 7.64. The van der Waals surface area contributed by atoms with E-state index in [9.17, 15) is 0 Å². The Morgan fingerprint density at radius 2 is 2.06 bits per heavy atom. The zero-order valence-electron chi connectivity index (χ0n) is 10.4. The molecule has 17 heavy (non-hydrogen) atoms. The first-order chi connectivity index (χ1) is 8.18. The number of anilines is 1. The van der Waals surface area contributed by atoms with Crippen molar-refractivity contribution < 1.29 is 0 Å². The molecule has 3 heteroatoms. The molecule has 92 valence electrons. The highest BCUT2D eigenvalue weighted by Gasteiger charge is 2.16. The van der Waals surface area contributed by atoms with Gasteiger partial charge in [-0.25, -0.2) is 0 Å². The second-order valence-corrected chi connectivity index (χ2v) is 4.95. The molecule has 1 aromatic rings. The van der Waals surface area contributed by atoms with E-state index in [-0.39, 0.29) is 5.84 Å². The molecule has 1 atom stereocenters. The van der Waals surface area contributed by atoms with Gasteiger partial charge in [-0.05, 0) is 37.3 Å². The minimum atomic E-state index is 0.165. The third-order valence-corrected chi connectivity index (χ3v) is 3.55. The lowest BCUT2D eigenvalue weighted by atomic mass is 10.0. The van der Waals surface area contributed by atoms with Gasteiger partial charge in [-0.2, -0.15) is 0 Å². The Labute approximate surface area is 103 Å². The molecule has 1 aliphatic heterocycles. The van der Waals surface area contributed by atoms with Gasteiger partial charge in [0.05, 0.1) is 0 Å². The SMILES string of the molecule is CC1CCCN(c2ccccc2C(=N)N)CC1. The van der Waals surface area contributed by atoms with Crippen LogP contribution in [0.3, 0.4) is 0 Å². The molecule has 0 spiro atoms. The topological polar surface area (TPSA) is 53.1 Å². The number of nitrogens with zero attached hydrogens (tertiary/aromatic N) is 1. The lowest BCUT2D eigenvalue weighted by Gasteiger charge is -2.25. The number of nitrogens with one attached hydrogen (secondary N) is 1. The van der Waals surface area contributed by atoms with Gasteiger partial charge in [-0.3, -0.25) is 5.41 Å². The maximum atomic E-state index is 7.64. The number of amidine groups is 1. The van der Waals surface area contributed by atoms with Crippen molar-refractivity contribution >= 4 is 11.5 Å². The predicted molar refractivity (Wildman–Crippen MR) is 72.7 cm³/mol. The van der Waals surface area contributed by atoms with Crippen molar-refractivity contribution in [3.8, 4) is 0 Å². The standard InChI is InChI=1S/C14H21N3/c1-11-5-4-9-17(10-8-11)13-7-3-2-6-12(13)14(15)16/h2-3,6-7,11H,4-5,8-10H2,1H3,(H3,15,16). The van der Waals surface area contributed by atoms with Crippen LogP contribution in [-0.2, 0) is 0 Å². The Morgan fingerprint density at radius 1 is 1.29 bits per heavy atom. The van der Waals surface area contributed by atoms with Crippen molar-refractivity contribution in [2.24, 2.45) is 11.7 Å². The van der Waals surface area contributed by atoms with E-state index in [1.165, 1.54) is 19.3 Å². The third-order valence-electron chi connectivity index (χ3n) is 3.55. The molecule has 1 saturated heterocycles. The molecule has 0 aliphatic carbocycles. The molecule has 3 nitrogen and oxygen atoms in total. The summed E-state index contributed by atoms with van der Waals surface area (Å²) < 4.78 is 0. The molecule has 0 saturated carbocycles. The quantitative estimate of drug-likeness (QED) is 0.607. The van der Waals surface area contributed by atoms with E-state index in [1.54, 1.807) is 0 Å². The Balaban J connectivity index is 2.24. The van der Waals surface area contributed by atoms with Crippen LogP contribution in [0.4, 0.5) is 5.69 Å². The molecule has 2 rings (SSSR count). The second kappa shape index (κ2) is 5.21. The van der Waals surface area contributed by atoms with Crippen LogP contribution in [-0.4, -0.2) is 18.9 Å². The number of para-hydroxylation sites is 1. The van der Waals surface area contributed by atoms with E-state index in [0.717, 1.165) is 30.3 Å². The molecule has 0 aromatic heterocycles. The van der Waals surface area contributed by atoms with Crippen LogP contribution in [0.5, 0.6) is 0 Å². The smallest absolute Gasteiger partial charge is 0.124 e. The predicted octanol–water partition coefficient (Wildman–Crippen LogP) is 2.60. The summed E-state index contributed by atoms with van der Waals surface area (Å²) in [4.78, 5) is 2.38. The summed E-state index contributed by atoms with van der Waals surface area (Å²) in [5.41, 5.74) is 7.63. The van der Waals surface area contributed by atoms with Gasteiger partial charge in [-0.1, -0.05) is 19.1 Å². The van der Waals surface area contributed by atoms with Gasteiger partial charge >= 0.3 is 0 Å². The van der Waals surface area contributed by atoms with Crippen molar-refractivity contribution in [2.75, 3.05) is 18.0 Å². The van der Waals surface area contributed by atoms with Crippen LogP contribution in [0.1, 0.15) is 31.7 Å². The van der Waals surface area contributed by atoms with Crippen molar-refractivity contribution in [3.63, 3.8) is 0 Å². The van der Waals surface area contributed by atoms with E-state index in [4.69, 9.17) is 11.1 Å². The molecular formula is C14H21N3. The first kappa shape index (κ1) is 12.0. The fourth-order valence-corrected chi connectivity index (χ4v) is 2.48. The second-order valence-electron chi connectivity index (χ2n) is 4.95. The maximum Gasteiger partial charge on any atom is 0.124 e. The lowest BCUT2D eigenvalue weighted by molar-refractivity contribution is 0.521. The van der Waals surface area contributed by atoms with Crippen LogP contribution in [0.2, 0.25) is 0 Å². The van der Waals surface area contributed by atoms with Crippen LogP contribution in [0, 0.1) is 11.3 Å². The normalized spacial score (nSPS) is 21.0. The zero-order chi connectivity index (χ0) is 12.3. The maximum absolute atomic E-state index is 7.64. The zero-order valence-corrected chi connectivity index (χ0v) is 10.4. The van der Waals surface area contributed by atoms with Gasteiger partial charge in [0.1, 0.15) is 5.84 Å². The average molecular weight is 231 g/mol. The number of rotatable bonds is 2. The largest absolute Gasteiger partial charge is 0.384 e. The number of hydrogen-bond acceptors (Lipinski definition) is 2. The highest BCUT2D eigenvalue weighted by atomic mass is 15.1. The van der Waals surface area contributed by atoms with Gasteiger partial charge in [-0.15, -0.1) is 0 Å². The van der Waals surface area contributed by atoms with Crippen molar-refractivity contribution in [1.82, 2.24) is 0 Å². The number of benzene rings is 1. The van der Waals surface area contributed by atoms with E-state index < -0.39 is 0 Å². The summed E-state index contributed by atoms with van der Waals surface area (Å²) in [7, 11) is 0. The fraction of sp³-hybridized carbons (Fsp3) is 0.500. The van der Waals surface area contributed by atoms with Crippen molar-refractivity contribution in [1.29, 1.82) is 5.41 Å². The van der Waals surface area contributed by atoms with Gasteiger partial charge in [0.25, 0.3) is 0 Å². The molecule has 1 fully saturated rings. The van der Waals surface area contributed by atoms with Crippen LogP contribution in [0.15, 0.2) is 24.3 Å². The Bertz CT molecular complexity index is 400. The average Bonchev–Trinajstić information content (AvgIpc) is 2.54. The monoisotopic (exact) mass is 231 g/mol. The Hall–Kier alpha value is -1.51. The van der Waals surface area contributed by atoms with Crippen LogP contribution in [0.25, 0.3) is 0 Å². The molecule has 3 N–H and O–H groups in total. The molecular weight excluding hydrogens is 210 g/mol. The highest BCUT2D eigenvalue weighted by molar-refractivity contribution is 6.00. The molecule has 0 radical (unpaired) electrons. The van der Waals surface area contributed by atoms with Gasteiger partial charge < -0.3 is 10.6 Å². The minimum absolute atomic E-state index is 0.165. The summed E-state index contributed by atoms with van der Waals surface area (Å²) in [6, 6.07) is 7.98. The third kappa shape index (κ3) is 2.78. The molecule has 1 aliphatic rings. The van der Waals surface area contributed by atoms with E-state index in [0.29, 0.717) is 0 Å². The van der Waals surface area contributed by atoms with E-state index in [1.807, 2.05) is 18.2 Å². The van der Waals surface area contributed by atoms with E-state index >= 15 is 0 Å². The summed E-state index contributed by atoms with van der Waals surface area (Å²) in [6.45, 7) is 4.47.